The van der Waals surface area contributed by atoms with Gasteiger partial charge < -0.3 is 14.9 Å². The highest BCUT2D eigenvalue weighted by molar-refractivity contribution is 7.91. The summed E-state index contributed by atoms with van der Waals surface area (Å²) in [6.07, 6.45) is 0.460. The van der Waals surface area contributed by atoms with E-state index in [1.165, 1.54) is 0 Å². The Hall–Kier alpha value is -2.09. The third kappa shape index (κ3) is 2.54. The zero-order valence-corrected chi connectivity index (χ0v) is 12.9. The Morgan fingerprint density at radius 2 is 2.14 bits per heavy atom. The van der Waals surface area contributed by atoms with Gasteiger partial charge in [-0.2, -0.15) is 0 Å². The van der Waals surface area contributed by atoms with Crippen LogP contribution in [0.5, 0.6) is 0 Å². The summed E-state index contributed by atoms with van der Waals surface area (Å²) in [4.78, 5) is 31.0. The van der Waals surface area contributed by atoms with Gasteiger partial charge in [-0.25, -0.2) is 13.2 Å². The summed E-state index contributed by atoms with van der Waals surface area (Å²) in [6, 6.07) is 4.74. The smallest absolute Gasteiger partial charge is 0.323 e. The van der Waals surface area contributed by atoms with Crippen LogP contribution in [0.1, 0.15) is 23.7 Å². The van der Waals surface area contributed by atoms with Crippen LogP contribution in [0.4, 0.5) is 0 Å². The number of benzene rings is 1. The van der Waals surface area contributed by atoms with E-state index in [2.05, 4.69) is 9.97 Å². The third-order valence-corrected chi connectivity index (χ3v) is 5.78. The van der Waals surface area contributed by atoms with Crippen molar-refractivity contribution in [1.29, 1.82) is 0 Å². The molecule has 0 spiro atoms. The Labute approximate surface area is 127 Å². The van der Waals surface area contributed by atoms with Crippen LogP contribution in [0.15, 0.2) is 23.0 Å². The molecule has 1 aliphatic heterocycles. The van der Waals surface area contributed by atoms with E-state index in [-0.39, 0.29) is 29.1 Å². The van der Waals surface area contributed by atoms with Gasteiger partial charge in [0.15, 0.2) is 9.84 Å². The number of rotatable bonds is 3. The number of aromatic nitrogens is 2. The van der Waals surface area contributed by atoms with Crippen molar-refractivity contribution in [1.82, 2.24) is 14.9 Å². The Balaban J connectivity index is 1.99. The first-order valence-electron chi connectivity index (χ1n) is 7.13. The van der Waals surface area contributed by atoms with Crippen LogP contribution in [-0.4, -0.2) is 53.3 Å². The van der Waals surface area contributed by atoms with E-state index in [4.69, 9.17) is 0 Å². The second kappa shape index (κ2) is 5.28. The Morgan fingerprint density at radius 1 is 1.36 bits per heavy atom. The molecule has 0 bridgehead atoms. The van der Waals surface area contributed by atoms with Gasteiger partial charge in [0.25, 0.3) is 5.91 Å². The maximum atomic E-state index is 12.8. The van der Waals surface area contributed by atoms with Crippen LogP contribution in [0.3, 0.4) is 0 Å². The first kappa shape index (κ1) is 14.8. The van der Waals surface area contributed by atoms with E-state index in [0.717, 1.165) is 0 Å². The van der Waals surface area contributed by atoms with E-state index in [9.17, 15) is 18.0 Å². The average molecular weight is 323 g/mol. The minimum atomic E-state index is -3.06. The number of sulfone groups is 1. The molecule has 0 saturated carbocycles. The molecule has 7 nitrogen and oxygen atoms in total. The van der Waals surface area contributed by atoms with Crippen LogP contribution < -0.4 is 5.69 Å². The SMILES string of the molecule is CCN(C(=O)c1cccc2[nH]c(=O)[nH]c12)C1CCS(=O)(=O)C1. The lowest BCUT2D eigenvalue weighted by Gasteiger charge is -2.27. The van der Waals surface area contributed by atoms with Crippen LogP contribution in [-0.2, 0) is 9.84 Å². The van der Waals surface area contributed by atoms with Gasteiger partial charge >= 0.3 is 5.69 Å². The molecule has 22 heavy (non-hydrogen) atoms. The van der Waals surface area contributed by atoms with Crippen molar-refractivity contribution < 1.29 is 13.2 Å². The van der Waals surface area contributed by atoms with Gasteiger partial charge in [0, 0.05) is 12.6 Å². The fourth-order valence-electron chi connectivity index (χ4n) is 2.98. The molecule has 2 aromatic rings. The molecule has 1 aromatic heterocycles. The maximum Gasteiger partial charge on any atom is 0.323 e. The second-order valence-electron chi connectivity index (χ2n) is 5.46. The van der Waals surface area contributed by atoms with E-state index in [1.54, 1.807) is 23.1 Å². The van der Waals surface area contributed by atoms with Gasteiger partial charge in [-0.1, -0.05) is 6.07 Å². The standard InChI is InChI=1S/C14H17N3O4S/c1-2-17(9-6-7-22(20,21)8-9)13(18)10-4-3-5-11-12(10)16-14(19)15-11/h3-5,9H,2,6-8H2,1H3,(H2,15,16,19). The lowest BCUT2D eigenvalue weighted by molar-refractivity contribution is 0.0710. The predicted octanol–water partition coefficient (Wildman–Crippen LogP) is 0.505. The molecular weight excluding hydrogens is 306 g/mol. The summed E-state index contributed by atoms with van der Waals surface area (Å²) in [7, 11) is -3.06. The topological polar surface area (TPSA) is 103 Å². The Bertz CT molecular complexity index is 881. The first-order chi connectivity index (χ1) is 10.4. The van der Waals surface area contributed by atoms with Crippen molar-refractivity contribution in [2.45, 2.75) is 19.4 Å². The number of aromatic amines is 2. The molecule has 1 saturated heterocycles. The van der Waals surface area contributed by atoms with Crippen molar-refractivity contribution in [2.24, 2.45) is 0 Å². The molecular formula is C14H17N3O4S. The number of amides is 1. The summed E-state index contributed by atoms with van der Waals surface area (Å²) in [5.74, 6) is -0.135. The Morgan fingerprint density at radius 3 is 2.77 bits per heavy atom. The molecule has 1 amide bonds. The highest BCUT2D eigenvalue weighted by Crippen LogP contribution is 2.22. The van der Waals surface area contributed by atoms with Gasteiger partial charge in [0.05, 0.1) is 28.1 Å². The lowest BCUT2D eigenvalue weighted by Crippen LogP contribution is -2.41. The molecule has 0 aliphatic carbocycles. The number of carbonyl (C=O) groups excluding carboxylic acids is 1. The highest BCUT2D eigenvalue weighted by atomic mass is 32.2. The fraction of sp³-hybridized carbons (Fsp3) is 0.429. The molecule has 2 N–H and O–H groups in total. The molecule has 2 heterocycles. The van der Waals surface area contributed by atoms with Crippen LogP contribution in [0.2, 0.25) is 0 Å². The number of hydrogen-bond donors (Lipinski definition) is 2. The number of para-hydroxylation sites is 1. The van der Waals surface area contributed by atoms with Gasteiger partial charge in [0.2, 0.25) is 0 Å². The number of carbonyl (C=O) groups is 1. The Kier molecular flexibility index (Phi) is 3.56. The molecule has 1 aromatic carbocycles. The van der Waals surface area contributed by atoms with Crippen molar-refractivity contribution in [3.8, 4) is 0 Å². The van der Waals surface area contributed by atoms with Crippen LogP contribution >= 0.6 is 0 Å². The summed E-state index contributed by atoms with van der Waals surface area (Å²) < 4.78 is 23.3. The van der Waals surface area contributed by atoms with Crippen molar-refractivity contribution >= 4 is 26.8 Å². The summed E-state index contributed by atoms with van der Waals surface area (Å²) in [5.41, 5.74) is 1.02. The van der Waals surface area contributed by atoms with Crippen LogP contribution in [0, 0.1) is 0 Å². The number of hydrogen-bond acceptors (Lipinski definition) is 4. The van der Waals surface area contributed by atoms with E-state index in [1.807, 2.05) is 6.92 Å². The highest BCUT2D eigenvalue weighted by Gasteiger charge is 2.34. The average Bonchev–Trinajstić information content (AvgIpc) is 3.00. The van der Waals surface area contributed by atoms with E-state index < -0.39 is 9.84 Å². The number of H-pyrrole nitrogens is 2. The zero-order valence-electron chi connectivity index (χ0n) is 12.1. The molecule has 1 atom stereocenters. The molecule has 1 fully saturated rings. The number of nitrogens with zero attached hydrogens (tertiary/aromatic N) is 1. The monoisotopic (exact) mass is 323 g/mol. The summed E-state index contributed by atoms with van der Waals surface area (Å²) >= 11 is 0. The normalized spacial score (nSPS) is 20.3. The maximum absolute atomic E-state index is 12.8. The molecule has 118 valence electrons. The first-order valence-corrected chi connectivity index (χ1v) is 8.96. The van der Waals surface area contributed by atoms with Crippen molar-refractivity contribution in [3.63, 3.8) is 0 Å². The molecule has 0 radical (unpaired) electrons. The molecule has 8 heteroatoms. The summed E-state index contributed by atoms with van der Waals surface area (Å²) in [5, 5.41) is 0. The zero-order chi connectivity index (χ0) is 15.9. The van der Waals surface area contributed by atoms with Gasteiger partial charge in [0.1, 0.15) is 0 Å². The largest absolute Gasteiger partial charge is 0.335 e. The van der Waals surface area contributed by atoms with Crippen LogP contribution in [0.25, 0.3) is 11.0 Å². The van der Waals surface area contributed by atoms with Crippen molar-refractivity contribution in [3.05, 3.63) is 34.2 Å². The quantitative estimate of drug-likeness (QED) is 0.858. The lowest BCUT2D eigenvalue weighted by atomic mass is 10.1. The minimum absolute atomic E-state index is 0.00616. The second-order valence-corrected chi connectivity index (χ2v) is 7.68. The summed E-state index contributed by atoms with van der Waals surface area (Å²) in [6.45, 7) is 2.24. The predicted molar refractivity (Wildman–Crippen MR) is 82.7 cm³/mol. The molecule has 1 unspecified atom stereocenters. The van der Waals surface area contributed by atoms with E-state index in [0.29, 0.717) is 29.6 Å². The van der Waals surface area contributed by atoms with Crippen molar-refractivity contribution in [2.75, 3.05) is 18.1 Å². The van der Waals surface area contributed by atoms with Gasteiger partial charge in [-0.05, 0) is 25.5 Å². The number of imidazole rings is 1. The third-order valence-electron chi connectivity index (χ3n) is 4.03. The minimum Gasteiger partial charge on any atom is -0.335 e. The number of fused-ring (bicyclic) bond motifs is 1. The molecule has 1 aliphatic rings. The fourth-order valence-corrected chi connectivity index (χ4v) is 4.71. The molecule has 3 rings (SSSR count). The van der Waals surface area contributed by atoms with Gasteiger partial charge in [-0.3, -0.25) is 4.79 Å². The van der Waals surface area contributed by atoms with E-state index >= 15 is 0 Å². The number of nitrogens with one attached hydrogen (secondary N) is 2. The van der Waals surface area contributed by atoms with Gasteiger partial charge in [-0.15, -0.1) is 0 Å².